The van der Waals surface area contributed by atoms with Crippen molar-refractivity contribution in [1.29, 1.82) is 0 Å². The maximum absolute atomic E-state index is 11.3. The van der Waals surface area contributed by atoms with Crippen molar-refractivity contribution in [2.75, 3.05) is 7.11 Å². The van der Waals surface area contributed by atoms with Crippen molar-refractivity contribution in [1.82, 2.24) is 5.32 Å². The second-order valence-corrected chi connectivity index (χ2v) is 4.87. The topological polar surface area (TPSA) is 38.3 Å². The summed E-state index contributed by atoms with van der Waals surface area (Å²) < 4.78 is 4.70. The zero-order valence-corrected chi connectivity index (χ0v) is 10.8. The Labute approximate surface area is 106 Å². The van der Waals surface area contributed by atoms with Gasteiger partial charge in [-0.2, -0.15) is 0 Å². The second-order valence-electron chi connectivity index (χ2n) is 4.43. The van der Waals surface area contributed by atoms with Gasteiger partial charge in [0.1, 0.15) is 6.04 Å². The van der Waals surface area contributed by atoms with Crippen LogP contribution in [0.3, 0.4) is 0 Å². The van der Waals surface area contributed by atoms with Crippen LogP contribution < -0.4 is 5.32 Å². The van der Waals surface area contributed by atoms with Crippen LogP contribution in [0.2, 0.25) is 5.02 Å². The van der Waals surface area contributed by atoms with Gasteiger partial charge < -0.3 is 10.1 Å². The summed E-state index contributed by atoms with van der Waals surface area (Å²) in [5.41, 5.74) is 2.58. The summed E-state index contributed by atoms with van der Waals surface area (Å²) in [6.45, 7) is 1.82. The molecule has 0 heterocycles. The molecule has 17 heavy (non-hydrogen) atoms. The van der Waals surface area contributed by atoms with Gasteiger partial charge in [0.25, 0.3) is 0 Å². The molecule has 0 aromatic heterocycles. The van der Waals surface area contributed by atoms with Gasteiger partial charge in [-0.3, -0.25) is 4.79 Å². The van der Waals surface area contributed by atoms with Crippen LogP contribution in [0.15, 0.2) is 18.2 Å². The summed E-state index contributed by atoms with van der Waals surface area (Å²) in [7, 11) is 1.41. The number of carbonyl (C=O) groups is 1. The molecule has 1 aromatic rings. The van der Waals surface area contributed by atoms with E-state index in [-0.39, 0.29) is 18.1 Å². The molecule has 92 valence electrons. The lowest BCUT2D eigenvalue weighted by molar-refractivity contribution is -0.142. The zero-order chi connectivity index (χ0) is 12.4. The van der Waals surface area contributed by atoms with Crippen molar-refractivity contribution < 1.29 is 9.53 Å². The molecule has 1 N–H and O–H groups in total. The van der Waals surface area contributed by atoms with Crippen LogP contribution in [-0.2, 0) is 22.4 Å². The number of carbonyl (C=O) groups excluding carboxylic acids is 1. The first kappa shape index (κ1) is 12.4. The molecule has 0 saturated heterocycles. The molecule has 1 aliphatic rings. The van der Waals surface area contributed by atoms with Gasteiger partial charge in [0.15, 0.2) is 0 Å². The van der Waals surface area contributed by atoms with Crippen molar-refractivity contribution >= 4 is 17.6 Å². The Balaban J connectivity index is 1.98. The molecule has 0 radical (unpaired) electrons. The number of fused-ring (bicyclic) bond motifs is 1. The Hall–Kier alpha value is -1.06. The standard InChI is InChI=1S/C13H16ClNO2/c1-8(13(16)17-2)15-12-6-9-3-4-11(14)5-10(9)7-12/h3-5,8,12,15H,6-7H2,1-2H3. The Morgan fingerprint density at radius 1 is 1.47 bits per heavy atom. The van der Waals surface area contributed by atoms with E-state index in [1.54, 1.807) is 0 Å². The molecule has 0 amide bonds. The van der Waals surface area contributed by atoms with Crippen molar-refractivity contribution in [2.45, 2.75) is 31.8 Å². The predicted octanol–water partition coefficient (Wildman–Crippen LogP) is 1.96. The number of ether oxygens (including phenoxy) is 1. The Morgan fingerprint density at radius 2 is 2.18 bits per heavy atom. The molecular formula is C13H16ClNO2. The van der Waals surface area contributed by atoms with Gasteiger partial charge in [-0.05, 0) is 43.0 Å². The quantitative estimate of drug-likeness (QED) is 0.837. The zero-order valence-electron chi connectivity index (χ0n) is 10.00. The minimum atomic E-state index is -0.269. The molecule has 2 atom stereocenters. The third-order valence-electron chi connectivity index (χ3n) is 3.14. The first-order valence-corrected chi connectivity index (χ1v) is 6.09. The summed E-state index contributed by atoms with van der Waals surface area (Å²) in [5.74, 6) is -0.223. The van der Waals surface area contributed by atoms with Gasteiger partial charge in [-0.1, -0.05) is 17.7 Å². The van der Waals surface area contributed by atoms with Crippen LogP contribution in [0.5, 0.6) is 0 Å². The van der Waals surface area contributed by atoms with E-state index >= 15 is 0 Å². The number of halogens is 1. The Kier molecular flexibility index (Phi) is 3.69. The van der Waals surface area contributed by atoms with Crippen LogP contribution in [0.4, 0.5) is 0 Å². The largest absolute Gasteiger partial charge is 0.468 e. The van der Waals surface area contributed by atoms with Gasteiger partial charge >= 0.3 is 5.97 Å². The van der Waals surface area contributed by atoms with Gasteiger partial charge in [0, 0.05) is 11.1 Å². The van der Waals surface area contributed by atoms with E-state index in [1.165, 1.54) is 18.2 Å². The predicted molar refractivity (Wildman–Crippen MR) is 67.3 cm³/mol. The molecule has 4 heteroatoms. The van der Waals surface area contributed by atoms with Crippen molar-refractivity contribution in [2.24, 2.45) is 0 Å². The lowest BCUT2D eigenvalue weighted by Crippen LogP contribution is -2.42. The molecule has 0 saturated carbocycles. The molecule has 1 aliphatic carbocycles. The van der Waals surface area contributed by atoms with Crippen LogP contribution in [0, 0.1) is 0 Å². The van der Waals surface area contributed by atoms with E-state index < -0.39 is 0 Å². The molecule has 2 rings (SSSR count). The third kappa shape index (κ3) is 2.79. The normalized spacial score (nSPS) is 19.8. The molecular weight excluding hydrogens is 238 g/mol. The molecule has 0 aliphatic heterocycles. The van der Waals surface area contributed by atoms with Gasteiger partial charge in [-0.15, -0.1) is 0 Å². The van der Waals surface area contributed by atoms with Crippen LogP contribution in [0.1, 0.15) is 18.1 Å². The first-order chi connectivity index (χ1) is 8.10. The smallest absolute Gasteiger partial charge is 0.322 e. The fraction of sp³-hybridized carbons (Fsp3) is 0.462. The number of hydrogen-bond donors (Lipinski definition) is 1. The number of nitrogens with one attached hydrogen (secondary N) is 1. The molecule has 2 unspecified atom stereocenters. The molecule has 0 fully saturated rings. The Morgan fingerprint density at radius 3 is 2.88 bits per heavy atom. The van der Waals surface area contributed by atoms with Crippen LogP contribution in [0.25, 0.3) is 0 Å². The summed E-state index contributed by atoms with van der Waals surface area (Å²) in [4.78, 5) is 11.3. The number of methoxy groups -OCH3 is 1. The lowest BCUT2D eigenvalue weighted by atomic mass is 10.1. The van der Waals surface area contributed by atoms with E-state index in [9.17, 15) is 4.79 Å². The fourth-order valence-electron chi connectivity index (χ4n) is 2.30. The highest BCUT2D eigenvalue weighted by Crippen LogP contribution is 2.25. The number of rotatable bonds is 3. The second kappa shape index (κ2) is 5.07. The van der Waals surface area contributed by atoms with E-state index in [2.05, 4.69) is 11.4 Å². The third-order valence-corrected chi connectivity index (χ3v) is 3.38. The molecule has 1 aromatic carbocycles. The van der Waals surface area contributed by atoms with Gasteiger partial charge in [0.05, 0.1) is 7.11 Å². The highest BCUT2D eigenvalue weighted by Gasteiger charge is 2.25. The van der Waals surface area contributed by atoms with Crippen molar-refractivity contribution in [3.8, 4) is 0 Å². The highest BCUT2D eigenvalue weighted by atomic mass is 35.5. The highest BCUT2D eigenvalue weighted by molar-refractivity contribution is 6.30. The molecule has 0 spiro atoms. The summed E-state index contributed by atoms with van der Waals surface area (Å²) in [6.07, 6.45) is 1.85. The SMILES string of the molecule is COC(=O)C(C)NC1Cc2ccc(Cl)cc2C1. The monoisotopic (exact) mass is 253 g/mol. The molecule has 3 nitrogen and oxygen atoms in total. The summed E-state index contributed by atoms with van der Waals surface area (Å²) in [5, 5.41) is 4.05. The van der Waals surface area contributed by atoms with Crippen LogP contribution in [-0.4, -0.2) is 25.2 Å². The minimum Gasteiger partial charge on any atom is -0.468 e. The van der Waals surface area contributed by atoms with Crippen LogP contribution >= 0.6 is 11.6 Å². The van der Waals surface area contributed by atoms with Crippen molar-refractivity contribution in [3.05, 3.63) is 34.3 Å². The number of hydrogen-bond acceptors (Lipinski definition) is 3. The van der Waals surface area contributed by atoms with E-state index in [1.807, 2.05) is 19.1 Å². The maximum Gasteiger partial charge on any atom is 0.322 e. The Bertz CT molecular complexity index is 433. The fourth-order valence-corrected chi connectivity index (χ4v) is 2.50. The van der Waals surface area contributed by atoms with E-state index in [0.29, 0.717) is 0 Å². The van der Waals surface area contributed by atoms with Gasteiger partial charge in [0.2, 0.25) is 0 Å². The van der Waals surface area contributed by atoms with Crippen molar-refractivity contribution in [3.63, 3.8) is 0 Å². The first-order valence-electron chi connectivity index (χ1n) is 5.71. The number of esters is 1. The average molecular weight is 254 g/mol. The minimum absolute atomic E-state index is 0.223. The molecule has 0 bridgehead atoms. The summed E-state index contributed by atoms with van der Waals surface area (Å²) >= 11 is 5.96. The number of benzene rings is 1. The van der Waals surface area contributed by atoms with E-state index in [0.717, 1.165) is 17.9 Å². The average Bonchev–Trinajstić information content (AvgIpc) is 2.69. The summed E-state index contributed by atoms with van der Waals surface area (Å²) in [6, 6.07) is 5.99. The maximum atomic E-state index is 11.3. The lowest BCUT2D eigenvalue weighted by Gasteiger charge is -2.16. The van der Waals surface area contributed by atoms with E-state index in [4.69, 9.17) is 16.3 Å². The van der Waals surface area contributed by atoms with Gasteiger partial charge in [-0.25, -0.2) is 0 Å².